The maximum Gasteiger partial charge on any atom is 0.336 e. The molecular weight excluding hydrogens is 380 g/mol. The van der Waals surface area contributed by atoms with E-state index in [-0.39, 0.29) is 12.6 Å². The lowest BCUT2D eigenvalue weighted by Crippen LogP contribution is -2.42. The maximum absolute atomic E-state index is 6.08. The predicted molar refractivity (Wildman–Crippen MR) is 114 cm³/mol. The van der Waals surface area contributed by atoms with Crippen LogP contribution in [0.25, 0.3) is 0 Å². The summed E-state index contributed by atoms with van der Waals surface area (Å²) < 4.78 is 35.5. The monoisotopic (exact) mass is 424 g/mol. The first-order valence-electron chi connectivity index (χ1n) is 10.6. The number of hydrogen-bond acceptors (Lipinski definition) is 6. The van der Waals surface area contributed by atoms with Gasteiger partial charge in [-0.2, -0.15) is 0 Å². The summed E-state index contributed by atoms with van der Waals surface area (Å²) in [7, 11) is -4.25. The van der Waals surface area contributed by atoms with E-state index in [1.54, 1.807) is 0 Å². The Morgan fingerprint density at radius 1 is 0.667 bits per heavy atom. The van der Waals surface area contributed by atoms with Crippen molar-refractivity contribution in [1.82, 2.24) is 0 Å². The highest BCUT2D eigenvalue weighted by molar-refractivity contribution is 6.66. The molecule has 0 aliphatic carbocycles. The Morgan fingerprint density at radius 2 is 1.04 bits per heavy atom. The van der Waals surface area contributed by atoms with Crippen LogP contribution in [0.4, 0.5) is 0 Å². The zero-order valence-corrected chi connectivity index (χ0v) is 21.0. The van der Waals surface area contributed by atoms with Crippen LogP contribution in [0.3, 0.4) is 0 Å². The van der Waals surface area contributed by atoms with Crippen LogP contribution in [-0.2, 0) is 27.2 Å². The van der Waals surface area contributed by atoms with E-state index in [0.29, 0.717) is 26.4 Å². The van der Waals surface area contributed by atoms with Gasteiger partial charge in [0.1, 0.15) is 12.6 Å². The third kappa shape index (κ3) is 13.1. The molecule has 0 aromatic heterocycles. The second-order valence-corrected chi connectivity index (χ2v) is 13.7. The number of ether oxygens (including phenoxy) is 2. The Morgan fingerprint density at radius 3 is 1.33 bits per heavy atom. The smallest absolute Gasteiger partial charge is 0.336 e. The van der Waals surface area contributed by atoms with E-state index in [2.05, 4.69) is 26.9 Å². The van der Waals surface area contributed by atoms with Crippen LogP contribution in [0.5, 0.6) is 0 Å². The summed E-state index contributed by atoms with van der Waals surface area (Å²) in [6.45, 7) is 19.0. The van der Waals surface area contributed by atoms with E-state index in [9.17, 15) is 0 Å². The van der Waals surface area contributed by atoms with E-state index in [4.69, 9.17) is 27.2 Å². The largest absolute Gasteiger partial charge is 0.395 e. The Balaban J connectivity index is 4.06. The van der Waals surface area contributed by atoms with Gasteiger partial charge in [-0.1, -0.05) is 26.7 Å². The standard InChI is InChI=1S/C19H44O6Si2/c1-9-16-26(7,22-11-3)24-18(5)20-14-13-15-21-19(6)25-27(8,17-10-2)23-12-4/h18-19H,9-17H2,1-8H3. The first-order valence-corrected chi connectivity index (χ1v) is 15.7. The topological polar surface area (TPSA) is 55.4 Å². The molecule has 0 spiro atoms. The average Bonchev–Trinajstić information content (AvgIpc) is 2.54. The summed E-state index contributed by atoms with van der Waals surface area (Å²) in [5.74, 6) is 0. The second kappa shape index (κ2) is 15.1. The van der Waals surface area contributed by atoms with Crippen LogP contribution in [0, 0.1) is 0 Å². The molecule has 0 radical (unpaired) electrons. The van der Waals surface area contributed by atoms with Gasteiger partial charge in [0.2, 0.25) is 0 Å². The number of rotatable bonds is 18. The van der Waals surface area contributed by atoms with Crippen LogP contribution in [0.2, 0.25) is 25.2 Å². The molecule has 4 atom stereocenters. The van der Waals surface area contributed by atoms with Gasteiger partial charge >= 0.3 is 17.1 Å². The molecule has 0 fully saturated rings. The third-order valence-electron chi connectivity index (χ3n) is 4.13. The Labute approximate surface area is 169 Å². The summed E-state index contributed by atoms with van der Waals surface area (Å²) in [5.41, 5.74) is 0. The van der Waals surface area contributed by atoms with Gasteiger partial charge in [0.25, 0.3) is 0 Å². The highest BCUT2D eigenvalue weighted by atomic mass is 28.4. The highest BCUT2D eigenvalue weighted by Gasteiger charge is 2.33. The van der Waals surface area contributed by atoms with Crippen molar-refractivity contribution in [2.24, 2.45) is 0 Å². The highest BCUT2D eigenvalue weighted by Crippen LogP contribution is 2.19. The van der Waals surface area contributed by atoms with Gasteiger partial charge in [0.05, 0.1) is 13.2 Å². The molecule has 0 aliphatic heterocycles. The quantitative estimate of drug-likeness (QED) is 0.172. The first kappa shape index (κ1) is 27.2. The Bertz CT molecular complexity index is 315. The van der Waals surface area contributed by atoms with E-state index < -0.39 is 17.1 Å². The summed E-state index contributed by atoms with van der Waals surface area (Å²) in [5, 5.41) is 0. The normalized spacial score (nSPS) is 18.7. The Kier molecular flexibility index (Phi) is 15.2. The minimum atomic E-state index is -2.13. The molecule has 0 rings (SSSR count). The third-order valence-corrected chi connectivity index (χ3v) is 10.4. The van der Waals surface area contributed by atoms with Crippen molar-refractivity contribution in [2.45, 2.75) is 98.6 Å². The molecule has 0 N–H and O–H groups in total. The van der Waals surface area contributed by atoms with Crippen molar-refractivity contribution in [3.8, 4) is 0 Å². The lowest BCUT2D eigenvalue weighted by Gasteiger charge is -2.30. The van der Waals surface area contributed by atoms with Crippen LogP contribution in [-0.4, -0.2) is 56.1 Å². The lowest BCUT2D eigenvalue weighted by molar-refractivity contribution is -0.109. The van der Waals surface area contributed by atoms with Crippen molar-refractivity contribution < 1.29 is 27.2 Å². The van der Waals surface area contributed by atoms with Crippen molar-refractivity contribution in [3.63, 3.8) is 0 Å². The van der Waals surface area contributed by atoms with Crippen LogP contribution >= 0.6 is 0 Å². The zero-order chi connectivity index (χ0) is 20.8. The average molecular weight is 425 g/mol. The van der Waals surface area contributed by atoms with Gasteiger partial charge in [0, 0.05) is 13.2 Å². The van der Waals surface area contributed by atoms with Crippen molar-refractivity contribution in [3.05, 3.63) is 0 Å². The minimum absolute atomic E-state index is 0.258. The fraction of sp³-hybridized carbons (Fsp3) is 1.00. The fourth-order valence-corrected chi connectivity index (χ4v) is 8.42. The molecular formula is C19H44O6Si2. The van der Waals surface area contributed by atoms with E-state index in [1.807, 2.05) is 27.7 Å². The molecule has 0 bridgehead atoms. The zero-order valence-electron chi connectivity index (χ0n) is 19.0. The molecule has 4 unspecified atom stereocenters. The summed E-state index contributed by atoms with van der Waals surface area (Å²) in [6, 6.07) is 1.96. The fourth-order valence-electron chi connectivity index (χ4n) is 3.18. The number of hydrogen-bond donors (Lipinski definition) is 0. The molecule has 0 aromatic carbocycles. The van der Waals surface area contributed by atoms with Crippen molar-refractivity contribution in [2.75, 3.05) is 26.4 Å². The molecule has 0 heterocycles. The van der Waals surface area contributed by atoms with Crippen LogP contribution in [0.1, 0.15) is 60.8 Å². The van der Waals surface area contributed by atoms with Gasteiger partial charge < -0.3 is 27.2 Å². The van der Waals surface area contributed by atoms with Crippen molar-refractivity contribution in [1.29, 1.82) is 0 Å². The minimum Gasteiger partial charge on any atom is -0.395 e. The molecule has 0 aliphatic rings. The molecule has 6 nitrogen and oxygen atoms in total. The molecule has 0 saturated carbocycles. The van der Waals surface area contributed by atoms with Crippen LogP contribution in [0.15, 0.2) is 0 Å². The van der Waals surface area contributed by atoms with Crippen molar-refractivity contribution >= 4 is 17.1 Å². The Hall–Kier alpha value is 0.194. The molecule has 0 aromatic rings. The molecule has 0 amide bonds. The SMILES string of the molecule is CCC[Si](C)(OCC)OC(C)OCCCOC(C)O[Si](C)(CCC)OCC. The summed E-state index contributed by atoms with van der Waals surface area (Å²) >= 11 is 0. The van der Waals surface area contributed by atoms with E-state index in [1.165, 1.54) is 0 Å². The van der Waals surface area contributed by atoms with Crippen LogP contribution < -0.4 is 0 Å². The molecule has 27 heavy (non-hydrogen) atoms. The molecule has 8 heteroatoms. The first-order chi connectivity index (χ1) is 12.7. The van der Waals surface area contributed by atoms with E-state index in [0.717, 1.165) is 31.4 Å². The van der Waals surface area contributed by atoms with Gasteiger partial charge in [-0.15, -0.1) is 0 Å². The van der Waals surface area contributed by atoms with Gasteiger partial charge in [-0.25, -0.2) is 0 Å². The molecule has 164 valence electrons. The molecule has 0 saturated heterocycles. The predicted octanol–water partition coefficient (Wildman–Crippen LogP) is 5.17. The van der Waals surface area contributed by atoms with Gasteiger partial charge in [-0.05, 0) is 59.3 Å². The van der Waals surface area contributed by atoms with Gasteiger partial charge in [-0.3, -0.25) is 0 Å². The second-order valence-electron chi connectivity index (χ2n) is 7.10. The van der Waals surface area contributed by atoms with Gasteiger partial charge in [0.15, 0.2) is 0 Å². The maximum atomic E-state index is 6.08. The summed E-state index contributed by atoms with van der Waals surface area (Å²) in [4.78, 5) is 0. The van der Waals surface area contributed by atoms with E-state index >= 15 is 0 Å². The summed E-state index contributed by atoms with van der Waals surface area (Å²) in [6.07, 6.45) is 2.40. The lowest BCUT2D eigenvalue weighted by atomic mass is 10.5.